The van der Waals surface area contributed by atoms with Gasteiger partial charge in [0.25, 0.3) is 0 Å². The lowest BCUT2D eigenvalue weighted by molar-refractivity contribution is -0.156. The molecule has 0 aromatic carbocycles. The average Bonchev–Trinajstić information content (AvgIpc) is 2.41. The van der Waals surface area contributed by atoms with Crippen molar-refractivity contribution in [2.75, 3.05) is 6.61 Å². The van der Waals surface area contributed by atoms with Gasteiger partial charge in [-0.2, -0.15) is 0 Å². The maximum Gasteiger partial charge on any atom is 0.323 e. The molecule has 0 spiro atoms. The Morgan fingerprint density at radius 3 is 1.78 bits per heavy atom. The fourth-order valence-corrected chi connectivity index (χ4v) is 2.06. The Kier molecular flexibility index (Phi) is 8.77. The molecule has 0 radical (unpaired) electrons. The van der Waals surface area contributed by atoms with Gasteiger partial charge in [0.2, 0.25) is 0 Å². The van der Waals surface area contributed by atoms with Crippen LogP contribution < -0.4 is 11.5 Å². The number of rotatable bonds is 9. The second kappa shape index (κ2) is 9.23. The molecule has 3 atom stereocenters. The molecular formula is C17H34N2O4. The number of carbonyl (C=O) groups excluding carboxylic acids is 2. The minimum absolute atomic E-state index is 0.0289. The van der Waals surface area contributed by atoms with Gasteiger partial charge in [-0.3, -0.25) is 9.59 Å². The van der Waals surface area contributed by atoms with E-state index in [1.165, 1.54) is 0 Å². The number of carbonyl (C=O) groups is 2. The predicted molar refractivity (Wildman–Crippen MR) is 90.5 cm³/mol. The van der Waals surface area contributed by atoms with Crippen LogP contribution in [0.5, 0.6) is 0 Å². The summed E-state index contributed by atoms with van der Waals surface area (Å²) in [6.07, 6.45) is 0.257. The molecule has 0 aliphatic carbocycles. The monoisotopic (exact) mass is 330 g/mol. The molecule has 6 nitrogen and oxygen atoms in total. The Morgan fingerprint density at radius 1 is 0.913 bits per heavy atom. The first-order valence-corrected chi connectivity index (χ1v) is 8.25. The van der Waals surface area contributed by atoms with Gasteiger partial charge in [0, 0.05) is 5.41 Å². The zero-order valence-electron chi connectivity index (χ0n) is 15.6. The SMILES string of the molecule is CC(CC(C)(C)COC(=O)[C@@H](N)C(C)C)OC(=O)[C@@H](N)C(C)C. The van der Waals surface area contributed by atoms with E-state index in [0.717, 1.165) is 0 Å². The Morgan fingerprint density at radius 2 is 1.35 bits per heavy atom. The Balaban J connectivity index is 4.40. The highest BCUT2D eigenvalue weighted by atomic mass is 16.5. The molecule has 23 heavy (non-hydrogen) atoms. The molecule has 0 aromatic rings. The highest BCUT2D eigenvalue weighted by molar-refractivity contribution is 5.76. The van der Waals surface area contributed by atoms with Crippen LogP contribution >= 0.6 is 0 Å². The molecule has 1 unspecified atom stereocenters. The summed E-state index contributed by atoms with van der Waals surface area (Å²) in [6, 6.07) is -1.24. The molecule has 0 saturated carbocycles. The molecular weight excluding hydrogens is 296 g/mol. The van der Waals surface area contributed by atoms with Gasteiger partial charge in [-0.05, 0) is 25.2 Å². The van der Waals surface area contributed by atoms with Crippen molar-refractivity contribution in [3.63, 3.8) is 0 Å². The van der Waals surface area contributed by atoms with Crippen LogP contribution in [-0.4, -0.2) is 36.7 Å². The Hall–Kier alpha value is -1.14. The maximum atomic E-state index is 11.9. The lowest BCUT2D eigenvalue weighted by Gasteiger charge is -2.29. The van der Waals surface area contributed by atoms with Crippen LogP contribution in [0.15, 0.2) is 0 Å². The zero-order chi connectivity index (χ0) is 18.4. The second-order valence-electron chi connectivity index (χ2n) is 7.76. The quantitative estimate of drug-likeness (QED) is 0.625. The van der Waals surface area contributed by atoms with Gasteiger partial charge in [0.05, 0.1) is 12.7 Å². The van der Waals surface area contributed by atoms with E-state index in [9.17, 15) is 9.59 Å². The van der Waals surface area contributed by atoms with Gasteiger partial charge < -0.3 is 20.9 Å². The van der Waals surface area contributed by atoms with Gasteiger partial charge >= 0.3 is 11.9 Å². The predicted octanol–water partition coefficient (Wildman–Crippen LogP) is 1.84. The van der Waals surface area contributed by atoms with E-state index in [1.54, 1.807) is 0 Å². The molecule has 0 heterocycles. The van der Waals surface area contributed by atoms with Crippen molar-refractivity contribution in [1.29, 1.82) is 0 Å². The van der Waals surface area contributed by atoms with Crippen LogP contribution in [0.4, 0.5) is 0 Å². The number of nitrogens with two attached hydrogens (primary N) is 2. The van der Waals surface area contributed by atoms with Crippen LogP contribution in [0.1, 0.15) is 54.9 Å². The third kappa shape index (κ3) is 8.32. The van der Waals surface area contributed by atoms with Crippen molar-refractivity contribution in [3.05, 3.63) is 0 Å². The molecule has 0 rings (SSSR count). The fraction of sp³-hybridized carbons (Fsp3) is 0.882. The van der Waals surface area contributed by atoms with Crippen molar-refractivity contribution < 1.29 is 19.1 Å². The molecule has 4 N–H and O–H groups in total. The van der Waals surface area contributed by atoms with E-state index in [-0.39, 0.29) is 30.0 Å². The van der Waals surface area contributed by atoms with Crippen LogP contribution in [-0.2, 0) is 19.1 Å². The summed E-state index contributed by atoms with van der Waals surface area (Å²) in [5.41, 5.74) is 11.2. The van der Waals surface area contributed by atoms with E-state index in [0.29, 0.717) is 6.42 Å². The summed E-state index contributed by atoms with van der Waals surface area (Å²) in [7, 11) is 0. The topological polar surface area (TPSA) is 105 Å². The fourth-order valence-electron chi connectivity index (χ4n) is 2.06. The third-order valence-electron chi connectivity index (χ3n) is 3.74. The molecule has 0 aliphatic heterocycles. The lowest BCUT2D eigenvalue weighted by atomic mass is 9.88. The summed E-state index contributed by atoms with van der Waals surface area (Å²) < 4.78 is 10.7. The van der Waals surface area contributed by atoms with Crippen molar-refractivity contribution in [2.24, 2.45) is 28.7 Å². The van der Waals surface area contributed by atoms with E-state index in [2.05, 4.69) is 0 Å². The molecule has 0 aliphatic rings. The van der Waals surface area contributed by atoms with Gasteiger partial charge in [0.1, 0.15) is 12.1 Å². The van der Waals surface area contributed by atoms with Crippen LogP contribution in [0.2, 0.25) is 0 Å². The number of hydrogen-bond acceptors (Lipinski definition) is 6. The first-order chi connectivity index (χ1) is 10.4. The first-order valence-electron chi connectivity index (χ1n) is 8.25. The standard InChI is InChI=1S/C17H34N2O4/c1-10(2)13(18)15(20)22-9-17(6,7)8-12(5)23-16(21)14(19)11(3)4/h10-14H,8-9,18-19H2,1-7H3/t12?,13-,14-/m0/s1. The average molecular weight is 330 g/mol. The van der Waals surface area contributed by atoms with Gasteiger partial charge in [-0.15, -0.1) is 0 Å². The van der Waals surface area contributed by atoms with Gasteiger partial charge in [-0.1, -0.05) is 41.5 Å². The van der Waals surface area contributed by atoms with Crippen molar-refractivity contribution in [2.45, 2.75) is 73.1 Å². The van der Waals surface area contributed by atoms with Gasteiger partial charge in [0.15, 0.2) is 0 Å². The van der Waals surface area contributed by atoms with Crippen LogP contribution in [0.3, 0.4) is 0 Å². The van der Waals surface area contributed by atoms with E-state index < -0.39 is 24.0 Å². The van der Waals surface area contributed by atoms with Crippen LogP contribution in [0, 0.1) is 17.3 Å². The largest absolute Gasteiger partial charge is 0.464 e. The second-order valence-corrected chi connectivity index (χ2v) is 7.76. The smallest absolute Gasteiger partial charge is 0.323 e. The van der Waals surface area contributed by atoms with Crippen molar-refractivity contribution in [1.82, 2.24) is 0 Å². The lowest BCUT2D eigenvalue weighted by Crippen LogP contribution is -2.40. The van der Waals surface area contributed by atoms with Crippen molar-refractivity contribution >= 4 is 11.9 Å². The molecule has 0 fully saturated rings. The first kappa shape index (κ1) is 21.9. The highest BCUT2D eigenvalue weighted by Crippen LogP contribution is 2.25. The minimum Gasteiger partial charge on any atom is -0.464 e. The van der Waals surface area contributed by atoms with E-state index in [1.807, 2.05) is 48.5 Å². The number of esters is 2. The van der Waals surface area contributed by atoms with Gasteiger partial charge in [-0.25, -0.2) is 0 Å². The Labute approximate surface area is 140 Å². The highest BCUT2D eigenvalue weighted by Gasteiger charge is 2.28. The van der Waals surface area contributed by atoms with Crippen molar-refractivity contribution in [3.8, 4) is 0 Å². The molecule has 0 bridgehead atoms. The number of ether oxygens (including phenoxy) is 2. The Bertz CT molecular complexity index is 394. The van der Waals surface area contributed by atoms with E-state index >= 15 is 0 Å². The molecule has 0 aromatic heterocycles. The normalized spacial score (nSPS) is 16.1. The summed E-state index contributed by atoms with van der Waals surface area (Å²) in [5, 5.41) is 0. The molecule has 136 valence electrons. The van der Waals surface area contributed by atoms with E-state index in [4.69, 9.17) is 20.9 Å². The number of hydrogen-bond donors (Lipinski definition) is 2. The maximum absolute atomic E-state index is 11.9. The minimum atomic E-state index is -0.623. The molecule has 0 saturated heterocycles. The third-order valence-corrected chi connectivity index (χ3v) is 3.74. The summed E-state index contributed by atoms with van der Waals surface area (Å²) >= 11 is 0. The van der Waals surface area contributed by atoms with Crippen LogP contribution in [0.25, 0.3) is 0 Å². The zero-order valence-corrected chi connectivity index (χ0v) is 15.6. The molecule has 6 heteroatoms. The summed E-state index contributed by atoms with van der Waals surface area (Å²) in [4.78, 5) is 23.7. The summed E-state index contributed by atoms with van der Waals surface area (Å²) in [6.45, 7) is 13.4. The molecule has 0 amide bonds. The summed E-state index contributed by atoms with van der Waals surface area (Å²) in [5.74, 6) is -0.745.